The van der Waals surface area contributed by atoms with Crippen LogP contribution in [0.2, 0.25) is 0 Å². The van der Waals surface area contributed by atoms with Crippen molar-refractivity contribution in [2.45, 2.75) is 45.1 Å². The third kappa shape index (κ3) is 3.80. The zero-order chi connectivity index (χ0) is 16.1. The van der Waals surface area contributed by atoms with Crippen LogP contribution in [0.4, 0.5) is 0 Å². The quantitative estimate of drug-likeness (QED) is 0.430. The maximum Gasteiger partial charge on any atom is 0.124 e. The Morgan fingerprint density at radius 3 is 2.82 bits per heavy atom. The summed E-state index contributed by atoms with van der Waals surface area (Å²) in [6.07, 6.45) is 9.72. The van der Waals surface area contributed by atoms with E-state index in [1.54, 1.807) is 7.11 Å². The lowest BCUT2D eigenvalue weighted by molar-refractivity contribution is -0.0308. The van der Waals surface area contributed by atoms with E-state index >= 15 is 0 Å². The number of methoxy groups -OCH3 is 1. The van der Waals surface area contributed by atoms with Gasteiger partial charge in [-0.05, 0) is 62.9 Å². The highest BCUT2D eigenvalue weighted by Gasteiger charge is 2.41. The van der Waals surface area contributed by atoms with Crippen LogP contribution in [-0.2, 0) is 4.74 Å². The molecular formula is C18H30N2O2. The number of fused-ring (bicyclic) bond motifs is 3. The molecule has 3 aliphatic heterocycles. The first-order valence-corrected chi connectivity index (χ1v) is 8.27. The molecule has 0 aromatic carbocycles. The van der Waals surface area contributed by atoms with Crippen LogP contribution in [0.1, 0.15) is 26.7 Å². The number of piperidine rings is 3. The molecule has 5 unspecified atom stereocenters. The molecule has 2 N–H and O–H groups in total. The summed E-state index contributed by atoms with van der Waals surface area (Å²) in [7, 11) is 1.67. The molecule has 0 aromatic heterocycles. The Hall–Kier alpha value is -1.10. The van der Waals surface area contributed by atoms with Crippen LogP contribution in [0.15, 0.2) is 36.6 Å². The van der Waals surface area contributed by atoms with Crippen molar-refractivity contribution in [1.82, 2.24) is 10.2 Å². The maximum absolute atomic E-state index is 10.8. The summed E-state index contributed by atoms with van der Waals surface area (Å²) in [6, 6.07) is 0.227. The fraction of sp³-hybridized carbons (Fsp3) is 0.667. The Kier molecular flexibility index (Phi) is 6.24. The highest BCUT2D eigenvalue weighted by molar-refractivity contribution is 5.25. The monoisotopic (exact) mass is 306 g/mol. The van der Waals surface area contributed by atoms with E-state index in [1.165, 1.54) is 6.42 Å². The number of nitrogens with one attached hydrogen (secondary N) is 1. The number of rotatable bonds is 7. The summed E-state index contributed by atoms with van der Waals surface area (Å²) in [4.78, 5) is 2.43. The molecule has 3 saturated heterocycles. The van der Waals surface area contributed by atoms with Crippen LogP contribution in [0.5, 0.6) is 0 Å². The van der Waals surface area contributed by atoms with Gasteiger partial charge in [0.05, 0.1) is 6.10 Å². The normalized spacial score (nSPS) is 34.6. The minimum Gasteiger partial charge on any atom is -0.387 e. The summed E-state index contributed by atoms with van der Waals surface area (Å²) < 4.78 is 5.14. The van der Waals surface area contributed by atoms with Gasteiger partial charge in [-0.3, -0.25) is 4.90 Å². The Morgan fingerprint density at radius 2 is 2.27 bits per heavy atom. The molecule has 4 nitrogen and oxygen atoms in total. The number of aliphatic hydroxyl groups excluding tert-OH is 1. The van der Waals surface area contributed by atoms with Crippen LogP contribution in [0.3, 0.4) is 0 Å². The van der Waals surface area contributed by atoms with Crippen molar-refractivity contribution in [3.63, 3.8) is 0 Å². The van der Waals surface area contributed by atoms with Gasteiger partial charge in [-0.15, -0.1) is 6.58 Å². The standard InChI is InChI=1S/C18H30N2O2/c1-5-14(7-9-19-13(3)22-4)18(21)17-11-16-8-10-20(17)12-15(16)6-2/h5-7,9,13,15-19,21H,2,8,10-12H2,1,3-4H3/b9-7-,14-5-/t13?,15?,16?,17?,18-/m0/s1. The molecule has 3 fully saturated rings. The molecule has 6 atom stereocenters. The summed E-state index contributed by atoms with van der Waals surface area (Å²) in [5.74, 6) is 1.27. The number of allylic oxidation sites excluding steroid dienone is 1. The number of ether oxygens (including phenoxy) is 1. The Bertz CT molecular complexity index is 433. The fourth-order valence-corrected chi connectivity index (χ4v) is 3.64. The molecular weight excluding hydrogens is 276 g/mol. The molecule has 0 saturated carbocycles. The van der Waals surface area contributed by atoms with Crippen molar-refractivity contribution in [2.24, 2.45) is 11.8 Å². The van der Waals surface area contributed by atoms with Gasteiger partial charge in [0.15, 0.2) is 0 Å². The Balaban J connectivity index is 1.98. The van der Waals surface area contributed by atoms with Gasteiger partial charge in [0.2, 0.25) is 0 Å². The van der Waals surface area contributed by atoms with E-state index in [2.05, 4.69) is 22.9 Å². The van der Waals surface area contributed by atoms with E-state index in [-0.39, 0.29) is 12.3 Å². The first-order valence-electron chi connectivity index (χ1n) is 8.27. The molecule has 0 radical (unpaired) electrons. The van der Waals surface area contributed by atoms with E-state index in [1.807, 2.05) is 32.2 Å². The minimum atomic E-state index is -0.436. The summed E-state index contributed by atoms with van der Waals surface area (Å²) >= 11 is 0. The third-order valence-electron chi connectivity index (χ3n) is 5.15. The number of aliphatic hydroxyl groups is 1. The smallest absolute Gasteiger partial charge is 0.124 e. The van der Waals surface area contributed by atoms with Gasteiger partial charge in [-0.1, -0.05) is 12.2 Å². The van der Waals surface area contributed by atoms with E-state index in [0.29, 0.717) is 11.8 Å². The Labute approximate surface area is 134 Å². The van der Waals surface area contributed by atoms with Gasteiger partial charge in [-0.25, -0.2) is 0 Å². The highest BCUT2D eigenvalue weighted by Crippen LogP contribution is 2.38. The van der Waals surface area contributed by atoms with Crippen LogP contribution in [-0.4, -0.2) is 48.6 Å². The largest absolute Gasteiger partial charge is 0.387 e. The van der Waals surface area contributed by atoms with Crippen molar-refractivity contribution >= 4 is 0 Å². The van der Waals surface area contributed by atoms with Gasteiger partial charge >= 0.3 is 0 Å². The van der Waals surface area contributed by atoms with Crippen LogP contribution in [0.25, 0.3) is 0 Å². The molecule has 3 heterocycles. The average Bonchev–Trinajstić information content (AvgIpc) is 2.58. The second-order valence-corrected chi connectivity index (χ2v) is 6.36. The lowest BCUT2D eigenvalue weighted by atomic mass is 9.73. The molecule has 2 bridgehead atoms. The number of nitrogens with zero attached hydrogens (tertiary/aromatic N) is 1. The predicted octanol–water partition coefficient (Wildman–Crippen LogP) is 2.29. The highest BCUT2D eigenvalue weighted by atomic mass is 16.5. The average molecular weight is 306 g/mol. The van der Waals surface area contributed by atoms with Crippen LogP contribution >= 0.6 is 0 Å². The van der Waals surface area contributed by atoms with Gasteiger partial charge < -0.3 is 15.2 Å². The molecule has 124 valence electrons. The molecule has 0 amide bonds. The summed E-state index contributed by atoms with van der Waals surface area (Å²) in [6.45, 7) is 10.0. The number of hydrogen-bond donors (Lipinski definition) is 2. The molecule has 0 spiro atoms. The zero-order valence-electron chi connectivity index (χ0n) is 14.0. The first-order chi connectivity index (χ1) is 10.6. The fourth-order valence-electron chi connectivity index (χ4n) is 3.64. The van der Waals surface area contributed by atoms with Gasteiger partial charge in [0, 0.05) is 19.7 Å². The molecule has 0 aromatic rings. The van der Waals surface area contributed by atoms with Gasteiger partial charge in [0.25, 0.3) is 0 Å². The van der Waals surface area contributed by atoms with Gasteiger partial charge in [0.1, 0.15) is 6.23 Å². The predicted molar refractivity (Wildman–Crippen MR) is 90.3 cm³/mol. The molecule has 3 aliphatic rings. The number of hydrogen-bond acceptors (Lipinski definition) is 4. The van der Waals surface area contributed by atoms with E-state index < -0.39 is 6.10 Å². The van der Waals surface area contributed by atoms with Crippen molar-refractivity contribution in [2.75, 3.05) is 20.2 Å². The van der Waals surface area contributed by atoms with Gasteiger partial charge in [-0.2, -0.15) is 0 Å². The minimum absolute atomic E-state index is 0.0331. The van der Waals surface area contributed by atoms with Crippen molar-refractivity contribution < 1.29 is 9.84 Å². The van der Waals surface area contributed by atoms with Crippen LogP contribution in [0, 0.1) is 11.8 Å². The topological polar surface area (TPSA) is 44.7 Å². The summed E-state index contributed by atoms with van der Waals surface area (Å²) in [5, 5.41) is 13.9. The molecule has 0 aliphatic carbocycles. The van der Waals surface area contributed by atoms with E-state index in [4.69, 9.17) is 4.74 Å². The van der Waals surface area contributed by atoms with E-state index in [0.717, 1.165) is 25.1 Å². The lowest BCUT2D eigenvalue weighted by Crippen LogP contribution is -2.57. The molecule has 22 heavy (non-hydrogen) atoms. The lowest BCUT2D eigenvalue weighted by Gasteiger charge is -2.50. The first kappa shape index (κ1) is 17.3. The van der Waals surface area contributed by atoms with Crippen LogP contribution < -0.4 is 5.32 Å². The molecule has 3 rings (SSSR count). The third-order valence-corrected chi connectivity index (χ3v) is 5.15. The van der Waals surface area contributed by atoms with E-state index in [9.17, 15) is 5.11 Å². The zero-order valence-corrected chi connectivity index (χ0v) is 14.0. The second-order valence-electron chi connectivity index (χ2n) is 6.36. The second kappa shape index (κ2) is 7.95. The SMILES string of the molecule is C=CC1CN2CCC1CC2[C@@H](O)C(/C=C\NC(C)OC)=C\C. The maximum atomic E-state index is 10.8. The molecule has 4 heteroatoms. The van der Waals surface area contributed by atoms with Crippen molar-refractivity contribution in [3.05, 3.63) is 36.6 Å². The Morgan fingerprint density at radius 1 is 1.50 bits per heavy atom. The van der Waals surface area contributed by atoms with Crippen molar-refractivity contribution in [1.29, 1.82) is 0 Å². The summed E-state index contributed by atoms with van der Waals surface area (Å²) in [5.41, 5.74) is 0.962. The van der Waals surface area contributed by atoms with Crippen molar-refractivity contribution in [3.8, 4) is 0 Å².